The van der Waals surface area contributed by atoms with Gasteiger partial charge in [-0.3, -0.25) is 4.99 Å². The second-order valence-electron chi connectivity index (χ2n) is 4.57. The zero-order valence-corrected chi connectivity index (χ0v) is 15.3. The lowest BCUT2D eigenvalue weighted by atomic mass is 10.4. The topological polar surface area (TPSA) is 91.8 Å². The van der Waals surface area contributed by atoms with Crippen molar-refractivity contribution in [2.45, 2.75) is 24.5 Å². The molecule has 1 aromatic heterocycles. The van der Waals surface area contributed by atoms with Gasteiger partial charge in [0.15, 0.2) is 5.96 Å². The molecule has 0 radical (unpaired) electrons. The number of nitrogens with zero attached hydrogens (tertiary/aromatic N) is 1. The quantitative estimate of drug-likeness (QED) is 0.310. The first-order valence-electron chi connectivity index (χ1n) is 7.73. The van der Waals surface area contributed by atoms with Gasteiger partial charge in [-0.25, -0.2) is 13.1 Å². The van der Waals surface area contributed by atoms with Crippen LogP contribution in [0.15, 0.2) is 26.7 Å². The first-order valence-corrected chi connectivity index (χ1v) is 10.1. The summed E-state index contributed by atoms with van der Waals surface area (Å²) in [5.74, 6) is 0.680. The molecule has 3 N–H and O–H groups in total. The molecule has 9 heteroatoms. The van der Waals surface area contributed by atoms with Crippen molar-refractivity contribution in [2.75, 3.05) is 39.4 Å². The van der Waals surface area contributed by atoms with Gasteiger partial charge >= 0.3 is 0 Å². The van der Waals surface area contributed by atoms with Gasteiger partial charge in [0.25, 0.3) is 0 Å². The molecular formula is C14H26N4O3S2. The van der Waals surface area contributed by atoms with Gasteiger partial charge in [0.1, 0.15) is 4.21 Å². The number of hydrogen-bond acceptors (Lipinski definition) is 5. The summed E-state index contributed by atoms with van der Waals surface area (Å²) in [6.45, 7) is 7.52. The summed E-state index contributed by atoms with van der Waals surface area (Å²) in [7, 11) is -3.40. The number of rotatable bonds is 11. The Morgan fingerprint density at radius 3 is 2.78 bits per heavy atom. The van der Waals surface area contributed by atoms with E-state index >= 15 is 0 Å². The average Bonchev–Trinajstić information content (AvgIpc) is 3.06. The van der Waals surface area contributed by atoms with E-state index in [9.17, 15) is 8.42 Å². The van der Waals surface area contributed by atoms with E-state index in [2.05, 4.69) is 20.3 Å². The first-order chi connectivity index (χ1) is 11.1. The summed E-state index contributed by atoms with van der Waals surface area (Å²) in [4.78, 5) is 4.41. The van der Waals surface area contributed by atoms with E-state index in [4.69, 9.17) is 4.74 Å². The standard InChI is InChI=1S/C14H26N4O3S2/c1-3-15-14(16-8-6-11-21-4-2)17-9-10-18-23(19,20)13-7-5-12-22-13/h5,7,12,18H,3-4,6,8-11H2,1-2H3,(H2,15,16,17). The van der Waals surface area contributed by atoms with Crippen LogP contribution in [0.4, 0.5) is 0 Å². The third-order valence-electron chi connectivity index (χ3n) is 2.73. The van der Waals surface area contributed by atoms with Gasteiger partial charge < -0.3 is 15.4 Å². The number of sulfonamides is 1. The minimum atomic E-state index is -3.40. The van der Waals surface area contributed by atoms with Crippen LogP contribution in [0.5, 0.6) is 0 Å². The van der Waals surface area contributed by atoms with Gasteiger partial charge in [-0.1, -0.05) is 6.07 Å². The highest BCUT2D eigenvalue weighted by molar-refractivity contribution is 7.91. The molecule has 0 amide bonds. The van der Waals surface area contributed by atoms with Gasteiger partial charge in [0.2, 0.25) is 10.0 Å². The number of aliphatic imine (C=N–C) groups is 1. The Labute approximate surface area is 142 Å². The van der Waals surface area contributed by atoms with Crippen molar-refractivity contribution < 1.29 is 13.2 Å². The van der Waals surface area contributed by atoms with Crippen molar-refractivity contribution >= 4 is 27.3 Å². The van der Waals surface area contributed by atoms with Crippen molar-refractivity contribution in [2.24, 2.45) is 4.99 Å². The van der Waals surface area contributed by atoms with Crippen molar-refractivity contribution in [1.82, 2.24) is 15.4 Å². The number of hydrogen-bond donors (Lipinski definition) is 3. The van der Waals surface area contributed by atoms with Gasteiger partial charge in [-0.15, -0.1) is 11.3 Å². The summed E-state index contributed by atoms with van der Waals surface area (Å²) < 4.78 is 32.0. The molecule has 0 aliphatic rings. The lowest BCUT2D eigenvalue weighted by Crippen LogP contribution is -2.41. The Morgan fingerprint density at radius 1 is 1.30 bits per heavy atom. The molecular weight excluding hydrogens is 336 g/mol. The maximum atomic E-state index is 11.9. The largest absolute Gasteiger partial charge is 0.382 e. The van der Waals surface area contributed by atoms with Crippen LogP contribution in [0.3, 0.4) is 0 Å². The Hall–Kier alpha value is -1.16. The smallest absolute Gasteiger partial charge is 0.250 e. The molecule has 7 nitrogen and oxygen atoms in total. The summed E-state index contributed by atoms with van der Waals surface area (Å²) in [6.07, 6.45) is 0.857. The van der Waals surface area contributed by atoms with Crippen LogP contribution in [0.2, 0.25) is 0 Å². The number of thiophene rings is 1. The molecule has 0 atom stereocenters. The molecule has 0 saturated heterocycles. The van der Waals surface area contributed by atoms with Crippen LogP contribution < -0.4 is 15.4 Å². The van der Waals surface area contributed by atoms with E-state index in [1.54, 1.807) is 17.5 Å². The molecule has 23 heavy (non-hydrogen) atoms. The Morgan fingerprint density at radius 2 is 2.13 bits per heavy atom. The highest BCUT2D eigenvalue weighted by Gasteiger charge is 2.13. The fourth-order valence-corrected chi connectivity index (χ4v) is 3.77. The normalized spacial score (nSPS) is 12.3. The van der Waals surface area contributed by atoms with E-state index in [0.717, 1.165) is 13.0 Å². The minimum absolute atomic E-state index is 0.295. The van der Waals surface area contributed by atoms with Gasteiger partial charge in [0.05, 0.1) is 0 Å². The SMILES string of the molecule is CCNC(=NCCCOCC)NCCNS(=O)(=O)c1cccs1. The first kappa shape index (κ1) is 19.9. The van der Waals surface area contributed by atoms with E-state index in [-0.39, 0.29) is 0 Å². The third-order valence-corrected chi connectivity index (χ3v) is 5.59. The van der Waals surface area contributed by atoms with Crippen LogP contribution in [-0.4, -0.2) is 53.8 Å². The summed E-state index contributed by atoms with van der Waals surface area (Å²) in [5.41, 5.74) is 0. The summed E-state index contributed by atoms with van der Waals surface area (Å²) in [5, 5.41) is 7.97. The predicted molar refractivity (Wildman–Crippen MR) is 94.6 cm³/mol. The molecule has 1 rings (SSSR count). The van der Waals surface area contributed by atoms with Crippen molar-refractivity contribution in [3.8, 4) is 0 Å². The number of ether oxygens (including phenoxy) is 1. The maximum Gasteiger partial charge on any atom is 0.250 e. The van der Waals surface area contributed by atoms with Crippen LogP contribution >= 0.6 is 11.3 Å². The van der Waals surface area contributed by atoms with Crippen molar-refractivity contribution in [3.05, 3.63) is 17.5 Å². The lowest BCUT2D eigenvalue weighted by Gasteiger charge is -2.11. The Balaban J connectivity index is 2.31. The molecule has 132 valence electrons. The number of guanidine groups is 1. The Kier molecular flexibility index (Phi) is 9.85. The predicted octanol–water partition coefficient (Wildman–Crippen LogP) is 1.01. The fraction of sp³-hybridized carbons (Fsp3) is 0.643. The van der Waals surface area contributed by atoms with Crippen LogP contribution in [-0.2, 0) is 14.8 Å². The molecule has 0 aliphatic carbocycles. The molecule has 1 heterocycles. The zero-order chi connectivity index (χ0) is 17.0. The van der Waals surface area contributed by atoms with E-state index in [1.165, 1.54) is 11.3 Å². The van der Waals surface area contributed by atoms with Gasteiger partial charge in [-0.05, 0) is 31.7 Å². The second-order valence-corrected chi connectivity index (χ2v) is 7.51. The minimum Gasteiger partial charge on any atom is -0.382 e. The van der Waals surface area contributed by atoms with Gasteiger partial charge in [-0.2, -0.15) is 0 Å². The number of nitrogens with one attached hydrogen (secondary N) is 3. The third kappa shape index (κ3) is 8.31. The van der Waals surface area contributed by atoms with E-state index in [0.29, 0.717) is 43.0 Å². The molecule has 0 spiro atoms. The summed E-state index contributed by atoms with van der Waals surface area (Å²) >= 11 is 1.20. The fourth-order valence-electron chi connectivity index (χ4n) is 1.70. The highest BCUT2D eigenvalue weighted by atomic mass is 32.2. The Bertz CT molecular complexity index is 544. The molecule has 0 fully saturated rings. The van der Waals surface area contributed by atoms with Crippen LogP contribution in [0, 0.1) is 0 Å². The monoisotopic (exact) mass is 362 g/mol. The molecule has 1 aromatic rings. The van der Waals surface area contributed by atoms with Crippen molar-refractivity contribution in [1.29, 1.82) is 0 Å². The van der Waals surface area contributed by atoms with E-state index in [1.807, 2.05) is 13.8 Å². The molecule has 0 bridgehead atoms. The second kappa shape index (κ2) is 11.4. The highest BCUT2D eigenvalue weighted by Crippen LogP contribution is 2.14. The van der Waals surface area contributed by atoms with Gasteiger partial charge in [0, 0.05) is 39.4 Å². The summed E-state index contributed by atoms with van der Waals surface area (Å²) in [6, 6.07) is 3.31. The molecule has 0 saturated carbocycles. The molecule has 0 unspecified atom stereocenters. The van der Waals surface area contributed by atoms with E-state index < -0.39 is 10.0 Å². The van der Waals surface area contributed by atoms with Crippen LogP contribution in [0.25, 0.3) is 0 Å². The van der Waals surface area contributed by atoms with Crippen molar-refractivity contribution in [3.63, 3.8) is 0 Å². The van der Waals surface area contributed by atoms with Crippen LogP contribution in [0.1, 0.15) is 20.3 Å². The average molecular weight is 363 g/mol. The molecule has 0 aromatic carbocycles. The molecule has 0 aliphatic heterocycles. The zero-order valence-electron chi connectivity index (χ0n) is 13.7. The lowest BCUT2D eigenvalue weighted by molar-refractivity contribution is 0.146. The maximum absolute atomic E-state index is 11.9.